The van der Waals surface area contributed by atoms with Crippen LogP contribution in [0.25, 0.3) is 0 Å². The van der Waals surface area contributed by atoms with Gasteiger partial charge in [0.1, 0.15) is 5.82 Å². The van der Waals surface area contributed by atoms with Crippen molar-refractivity contribution in [2.75, 3.05) is 5.73 Å². The fourth-order valence-electron chi connectivity index (χ4n) is 1.04. The Balaban J connectivity index is 3.23. The van der Waals surface area contributed by atoms with Crippen LogP contribution < -0.4 is 5.73 Å². The molecule has 0 saturated heterocycles. The fourth-order valence-corrected chi connectivity index (χ4v) is 1.04. The maximum atomic E-state index is 5.70. The largest absolute Gasteiger partial charge is 0.382 e. The molecule has 3 heteroatoms. The number of aromatic nitrogens is 2. The molecule has 0 saturated carbocycles. The predicted octanol–water partition coefficient (Wildman–Crippen LogP) is 1.66. The topological polar surface area (TPSA) is 51.8 Å². The second kappa shape index (κ2) is 2.73. The number of nitrogen functional groups attached to an aromatic ring is 1. The lowest BCUT2D eigenvalue weighted by molar-refractivity contribution is 0.566. The molecular formula is C9H15N3. The molecule has 1 aromatic rings. The highest BCUT2D eigenvalue weighted by atomic mass is 14.9. The van der Waals surface area contributed by atoms with Crippen LogP contribution in [-0.2, 0) is 5.41 Å². The van der Waals surface area contributed by atoms with Gasteiger partial charge in [0.25, 0.3) is 0 Å². The number of hydrogen-bond donors (Lipinski definition) is 1. The lowest BCUT2D eigenvalue weighted by atomic mass is 9.92. The highest BCUT2D eigenvalue weighted by Gasteiger charge is 2.19. The highest BCUT2D eigenvalue weighted by molar-refractivity contribution is 5.38. The summed E-state index contributed by atoms with van der Waals surface area (Å²) >= 11 is 0. The van der Waals surface area contributed by atoms with E-state index in [0.717, 1.165) is 11.4 Å². The van der Waals surface area contributed by atoms with Crippen LogP contribution in [0.1, 0.15) is 32.2 Å². The predicted molar refractivity (Wildman–Crippen MR) is 49.9 cm³/mol. The summed E-state index contributed by atoms with van der Waals surface area (Å²) in [6, 6.07) is 0. The minimum Gasteiger partial charge on any atom is -0.382 e. The summed E-state index contributed by atoms with van der Waals surface area (Å²) in [5.74, 6) is 0.535. The molecule has 3 nitrogen and oxygen atoms in total. The lowest BCUT2D eigenvalue weighted by Crippen LogP contribution is -2.17. The molecule has 0 aliphatic carbocycles. The molecular weight excluding hydrogens is 150 g/mol. The zero-order chi connectivity index (χ0) is 9.35. The molecule has 0 aromatic carbocycles. The average Bonchev–Trinajstić information content (AvgIpc) is 1.92. The van der Waals surface area contributed by atoms with Gasteiger partial charge in [-0.05, 0) is 6.92 Å². The summed E-state index contributed by atoms with van der Waals surface area (Å²) in [6.45, 7) is 8.15. The molecule has 1 aromatic heterocycles. The first kappa shape index (κ1) is 8.97. The van der Waals surface area contributed by atoms with Crippen LogP contribution in [0.4, 0.5) is 5.82 Å². The molecule has 0 atom stereocenters. The third-order valence-corrected chi connectivity index (χ3v) is 1.63. The molecule has 0 aliphatic heterocycles. The summed E-state index contributed by atoms with van der Waals surface area (Å²) in [4.78, 5) is 8.42. The molecule has 0 spiro atoms. The van der Waals surface area contributed by atoms with E-state index >= 15 is 0 Å². The third kappa shape index (κ3) is 1.72. The van der Waals surface area contributed by atoms with E-state index in [1.807, 2.05) is 6.92 Å². The molecule has 0 fully saturated rings. The molecule has 1 rings (SSSR count). The third-order valence-electron chi connectivity index (χ3n) is 1.63. The van der Waals surface area contributed by atoms with Gasteiger partial charge in [0.2, 0.25) is 0 Å². The maximum Gasteiger partial charge on any atom is 0.145 e. The normalized spacial score (nSPS) is 11.7. The Morgan fingerprint density at radius 1 is 1.33 bits per heavy atom. The second-order valence-corrected chi connectivity index (χ2v) is 4.00. The van der Waals surface area contributed by atoms with Crippen LogP contribution in [0, 0.1) is 6.92 Å². The highest BCUT2D eigenvalue weighted by Crippen LogP contribution is 2.23. The van der Waals surface area contributed by atoms with Crippen LogP contribution in [0.5, 0.6) is 0 Å². The van der Waals surface area contributed by atoms with Crippen LogP contribution in [0.3, 0.4) is 0 Å². The van der Waals surface area contributed by atoms with Crippen molar-refractivity contribution >= 4 is 5.82 Å². The first-order valence-corrected chi connectivity index (χ1v) is 4.01. The SMILES string of the molecule is Cc1cnc(N)c(C(C)(C)C)n1. The molecule has 66 valence electrons. The quantitative estimate of drug-likeness (QED) is 0.636. The first-order valence-electron chi connectivity index (χ1n) is 4.01. The summed E-state index contributed by atoms with van der Waals surface area (Å²) in [7, 11) is 0. The van der Waals surface area contributed by atoms with Gasteiger partial charge in [-0.1, -0.05) is 20.8 Å². The van der Waals surface area contributed by atoms with Crippen LogP contribution in [0.2, 0.25) is 0 Å². The van der Waals surface area contributed by atoms with E-state index in [0.29, 0.717) is 5.82 Å². The zero-order valence-corrected chi connectivity index (χ0v) is 8.05. The Bertz CT molecular complexity index is 286. The van der Waals surface area contributed by atoms with Gasteiger partial charge in [-0.25, -0.2) is 4.98 Å². The van der Waals surface area contributed by atoms with Crippen molar-refractivity contribution in [3.63, 3.8) is 0 Å². The van der Waals surface area contributed by atoms with E-state index in [2.05, 4.69) is 30.7 Å². The van der Waals surface area contributed by atoms with E-state index in [9.17, 15) is 0 Å². The van der Waals surface area contributed by atoms with Crippen molar-refractivity contribution in [1.82, 2.24) is 9.97 Å². The van der Waals surface area contributed by atoms with Gasteiger partial charge in [0, 0.05) is 5.41 Å². The van der Waals surface area contributed by atoms with Crippen molar-refractivity contribution < 1.29 is 0 Å². The van der Waals surface area contributed by atoms with Gasteiger partial charge in [-0.2, -0.15) is 0 Å². The molecule has 0 bridgehead atoms. The molecule has 2 N–H and O–H groups in total. The summed E-state index contributed by atoms with van der Waals surface area (Å²) in [5.41, 5.74) is 7.47. The minimum atomic E-state index is -0.0247. The van der Waals surface area contributed by atoms with E-state index in [1.165, 1.54) is 0 Å². The Hall–Kier alpha value is -1.12. The van der Waals surface area contributed by atoms with Crippen molar-refractivity contribution in [3.8, 4) is 0 Å². The second-order valence-electron chi connectivity index (χ2n) is 4.00. The van der Waals surface area contributed by atoms with E-state index < -0.39 is 0 Å². The van der Waals surface area contributed by atoms with E-state index in [-0.39, 0.29) is 5.41 Å². The summed E-state index contributed by atoms with van der Waals surface area (Å²) < 4.78 is 0. The Morgan fingerprint density at radius 2 is 1.92 bits per heavy atom. The van der Waals surface area contributed by atoms with Gasteiger partial charge in [0.15, 0.2) is 0 Å². The van der Waals surface area contributed by atoms with Crippen molar-refractivity contribution in [3.05, 3.63) is 17.6 Å². The smallest absolute Gasteiger partial charge is 0.145 e. The van der Waals surface area contributed by atoms with E-state index in [4.69, 9.17) is 5.73 Å². The fraction of sp³-hybridized carbons (Fsp3) is 0.556. The summed E-state index contributed by atoms with van der Waals surface area (Å²) in [6.07, 6.45) is 1.69. The van der Waals surface area contributed by atoms with E-state index in [1.54, 1.807) is 6.20 Å². The Labute approximate surface area is 73.0 Å². The first-order chi connectivity index (χ1) is 5.41. The number of anilines is 1. The van der Waals surface area contributed by atoms with Crippen LogP contribution in [-0.4, -0.2) is 9.97 Å². The maximum absolute atomic E-state index is 5.70. The van der Waals surface area contributed by atoms with Crippen molar-refractivity contribution in [2.45, 2.75) is 33.1 Å². The Kier molecular flexibility index (Phi) is 2.04. The van der Waals surface area contributed by atoms with Gasteiger partial charge < -0.3 is 5.73 Å². The average molecular weight is 165 g/mol. The van der Waals surface area contributed by atoms with Crippen LogP contribution in [0.15, 0.2) is 6.20 Å². The van der Waals surface area contributed by atoms with Crippen molar-refractivity contribution in [1.29, 1.82) is 0 Å². The zero-order valence-electron chi connectivity index (χ0n) is 8.05. The molecule has 0 aliphatic rings. The van der Waals surface area contributed by atoms with Crippen molar-refractivity contribution in [2.24, 2.45) is 0 Å². The molecule has 12 heavy (non-hydrogen) atoms. The standard InChI is InChI=1S/C9H15N3/c1-6-5-11-8(10)7(12-6)9(2,3)4/h5H,1-4H3,(H2,10,11). The number of aryl methyl sites for hydroxylation is 1. The number of nitrogens with zero attached hydrogens (tertiary/aromatic N) is 2. The minimum absolute atomic E-state index is 0.0247. The van der Waals surface area contributed by atoms with Gasteiger partial charge in [-0.15, -0.1) is 0 Å². The lowest BCUT2D eigenvalue weighted by Gasteiger charge is -2.19. The van der Waals surface area contributed by atoms with Crippen LogP contribution >= 0.6 is 0 Å². The Morgan fingerprint density at radius 3 is 2.33 bits per heavy atom. The van der Waals surface area contributed by atoms with Gasteiger partial charge >= 0.3 is 0 Å². The number of nitrogens with two attached hydrogens (primary N) is 1. The monoisotopic (exact) mass is 165 g/mol. The number of rotatable bonds is 0. The van der Waals surface area contributed by atoms with Gasteiger partial charge in [0.05, 0.1) is 17.6 Å². The molecule has 0 unspecified atom stereocenters. The molecule has 0 amide bonds. The summed E-state index contributed by atoms with van der Waals surface area (Å²) in [5, 5.41) is 0. The molecule has 0 radical (unpaired) electrons. The van der Waals surface area contributed by atoms with Gasteiger partial charge in [-0.3, -0.25) is 4.98 Å². The molecule has 1 heterocycles. The number of hydrogen-bond acceptors (Lipinski definition) is 3.